The Kier molecular flexibility index (Phi) is 8.23. The summed E-state index contributed by atoms with van der Waals surface area (Å²) in [6, 6.07) is 22.1. The number of amides is 2. The van der Waals surface area contributed by atoms with E-state index < -0.39 is 0 Å². The molecule has 1 saturated heterocycles. The van der Waals surface area contributed by atoms with Gasteiger partial charge in [0.25, 0.3) is 11.8 Å². The van der Waals surface area contributed by atoms with Gasteiger partial charge in [0.2, 0.25) is 0 Å². The first-order valence-corrected chi connectivity index (χ1v) is 12.4. The third-order valence-electron chi connectivity index (χ3n) is 4.67. The van der Waals surface area contributed by atoms with Crippen LogP contribution in [0.5, 0.6) is 11.5 Å². The van der Waals surface area contributed by atoms with Gasteiger partial charge in [-0.2, -0.15) is 0 Å². The molecule has 1 aliphatic rings. The molecule has 3 aromatic rings. The minimum atomic E-state index is -0.291. The van der Waals surface area contributed by atoms with E-state index in [4.69, 9.17) is 9.47 Å². The van der Waals surface area contributed by atoms with Gasteiger partial charge >= 0.3 is 0 Å². The third-order valence-corrected chi connectivity index (χ3v) is 6.17. The van der Waals surface area contributed by atoms with Gasteiger partial charge in [0, 0.05) is 5.69 Å². The minimum Gasteiger partial charge on any atom is -0.490 e. The van der Waals surface area contributed by atoms with Crippen LogP contribution in [0.25, 0.3) is 6.08 Å². The van der Waals surface area contributed by atoms with Crippen LogP contribution in [-0.4, -0.2) is 30.2 Å². The lowest BCUT2D eigenvalue weighted by Crippen LogP contribution is -2.20. The zero-order valence-corrected chi connectivity index (χ0v) is 21.2. The van der Waals surface area contributed by atoms with Crippen LogP contribution in [-0.2, 0) is 9.59 Å². The molecule has 0 unspecified atom stereocenters. The van der Waals surface area contributed by atoms with E-state index in [0.29, 0.717) is 38.3 Å². The molecular formula is C26H22BrN3O4S. The predicted octanol–water partition coefficient (Wildman–Crippen LogP) is 5.76. The molecule has 0 saturated carbocycles. The summed E-state index contributed by atoms with van der Waals surface area (Å²) in [5.41, 5.74) is 2.19. The number of nitrogens with one attached hydrogen (secondary N) is 2. The lowest BCUT2D eigenvalue weighted by atomic mass is 10.2. The van der Waals surface area contributed by atoms with Crippen molar-refractivity contribution in [1.29, 1.82) is 0 Å². The maximum atomic E-state index is 12.5. The van der Waals surface area contributed by atoms with Crippen LogP contribution in [0.2, 0.25) is 0 Å². The summed E-state index contributed by atoms with van der Waals surface area (Å²) in [5, 5.41) is 6.08. The molecule has 0 aliphatic carbocycles. The average molecular weight is 552 g/mol. The van der Waals surface area contributed by atoms with Crippen LogP contribution in [0.1, 0.15) is 12.5 Å². The Balaban J connectivity index is 1.49. The Bertz CT molecular complexity index is 1280. The standard InChI is InChI=1S/C26H22BrN3O4S/c1-2-33-21-14-17(15-22-25(32)30-26(35-22)29-19-11-7-4-8-12-19)13-20(27)24(21)34-16-23(31)28-18-9-5-3-6-10-18/h3-15H,2,16H2,1H3,(H,28,31)(H,29,30,32)/b22-15-. The second-order valence-electron chi connectivity index (χ2n) is 7.28. The molecule has 0 bridgehead atoms. The van der Waals surface area contributed by atoms with Gasteiger partial charge in [-0.25, -0.2) is 4.99 Å². The van der Waals surface area contributed by atoms with E-state index in [1.165, 1.54) is 11.8 Å². The fourth-order valence-corrected chi connectivity index (χ4v) is 4.60. The summed E-state index contributed by atoms with van der Waals surface area (Å²) in [4.78, 5) is 29.7. The second-order valence-corrected chi connectivity index (χ2v) is 9.17. The van der Waals surface area contributed by atoms with E-state index >= 15 is 0 Å². The van der Waals surface area contributed by atoms with E-state index in [0.717, 1.165) is 11.3 Å². The Labute approximate surface area is 215 Å². The zero-order chi connectivity index (χ0) is 24.6. The van der Waals surface area contributed by atoms with Crippen molar-refractivity contribution < 1.29 is 19.1 Å². The van der Waals surface area contributed by atoms with Crippen molar-refractivity contribution in [1.82, 2.24) is 5.32 Å². The lowest BCUT2D eigenvalue weighted by Gasteiger charge is -2.15. The maximum absolute atomic E-state index is 12.5. The zero-order valence-electron chi connectivity index (χ0n) is 18.8. The van der Waals surface area contributed by atoms with Crippen LogP contribution in [0, 0.1) is 0 Å². The van der Waals surface area contributed by atoms with Gasteiger partial charge in [0.1, 0.15) is 0 Å². The van der Waals surface area contributed by atoms with Gasteiger partial charge in [0.05, 0.1) is 21.7 Å². The fraction of sp³-hybridized carbons (Fsp3) is 0.115. The molecule has 7 nitrogen and oxygen atoms in total. The van der Waals surface area contributed by atoms with E-state index in [2.05, 4.69) is 31.6 Å². The number of thioether (sulfide) groups is 1. The predicted molar refractivity (Wildman–Crippen MR) is 143 cm³/mol. The van der Waals surface area contributed by atoms with Crippen molar-refractivity contribution in [2.45, 2.75) is 6.92 Å². The number of hydrogen-bond donors (Lipinski definition) is 2. The van der Waals surface area contributed by atoms with Crippen molar-refractivity contribution in [2.24, 2.45) is 4.99 Å². The van der Waals surface area contributed by atoms with Gasteiger partial charge in [-0.3, -0.25) is 9.59 Å². The number of nitrogens with zero attached hydrogens (tertiary/aromatic N) is 1. The highest BCUT2D eigenvalue weighted by molar-refractivity contribution is 9.10. The summed E-state index contributed by atoms with van der Waals surface area (Å²) in [6.45, 7) is 2.07. The number of para-hydroxylation sites is 2. The van der Waals surface area contributed by atoms with Crippen molar-refractivity contribution in [3.05, 3.63) is 87.7 Å². The number of carbonyl (C=O) groups is 2. The van der Waals surface area contributed by atoms with Gasteiger partial charge in [0.15, 0.2) is 23.3 Å². The van der Waals surface area contributed by atoms with Gasteiger partial charge < -0.3 is 20.1 Å². The summed E-state index contributed by atoms with van der Waals surface area (Å²) in [7, 11) is 0. The smallest absolute Gasteiger partial charge is 0.264 e. The molecule has 0 radical (unpaired) electrons. The molecule has 1 heterocycles. The topological polar surface area (TPSA) is 89.0 Å². The molecule has 0 atom stereocenters. The molecular weight excluding hydrogens is 530 g/mol. The number of halogens is 1. The molecule has 178 valence electrons. The number of ether oxygens (including phenoxy) is 2. The van der Waals surface area contributed by atoms with Crippen molar-refractivity contribution in [2.75, 3.05) is 18.5 Å². The quantitative estimate of drug-likeness (QED) is 0.347. The van der Waals surface area contributed by atoms with Crippen LogP contribution in [0.4, 0.5) is 11.4 Å². The first-order valence-electron chi connectivity index (χ1n) is 10.8. The van der Waals surface area contributed by atoms with Crippen LogP contribution in [0.3, 0.4) is 0 Å². The highest BCUT2D eigenvalue weighted by atomic mass is 79.9. The number of hydrogen-bond acceptors (Lipinski definition) is 6. The Morgan fingerprint density at radius 3 is 2.51 bits per heavy atom. The van der Waals surface area contributed by atoms with Crippen LogP contribution < -0.4 is 20.1 Å². The highest BCUT2D eigenvalue weighted by Crippen LogP contribution is 2.38. The Morgan fingerprint density at radius 2 is 1.80 bits per heavy atom. The number of anilines is 1. The number of benzene rings is 3. The first kappa shape index (κ1) is 24.6. The van der Waals surface area contributed by atoms with E-state index in [-0.39, 0.29) is 18.4 Å². The molecule has 2 amide bonds. The third kappa shape index (κ3) is 6.74. The summed E-state index contributed by atoms with van der Waals surface area (Å²) < 4.78 is 12.1. The summed E-state index contributed by atoms with van der Waals surface area (Å²) in [6.07, 6.45) is 1.76. The summed E-state index contributed by atoms with van der Waals surface area (Å²) >= 11 is 4.77. The van der Waals surface area contributed by atoms with Crippen molar-refractivity contribution in [3.63, 3.8) is 0 Å². The maximum Gasteiger partial charge on any atom is 0.264 e. The number of carbonyl (C=O) groups excluding carboxylic acids is 2. The molecule has 1 fully saturated rings. The molecule has 0 aromatic heterocycles. The van der Waals surface area contributed by atoms with E-state index in [1.54, 1.807) is 30.3 Å². The summed E-state index contributed by atoms with van der Waals surface area (Å²) in [5.74, 6) is 0.354. The van der Waals surface area contributed by atoms with Crippen molar-refractivity contribution >= 4 is 62.1 Å². The highest BCUT2D eigenvalue weighted by Gasteiger charge is 2.24. The van der Waals surface area contributed by atoms with Gasteiger partial charge in [-0.05, 0) is 82.7 Å². The molecule has 2 N–H and O–H groups in total. The largest absolute Gasteiger partial charge is 0.490 e. The molecule has 3 aromatic carbocycles. The number of rotatable bonds is 8. The monoisotopic (exact) mass is 551 g/mol. The number of aliphatic imine (C=N–C) groups is 1. The van der Waals surface area contributed by atoms with Crippen molar-refractivity contribution in [3.8, 4) is 11.5 Å². The normalized spacial score (nSPS) is 15.2. The fourth-order valence-electron chi connectivity index (χ4n) is 3.18. The first-order chi connectivity index (χ1) is 17.0. The van der Waals surface area contributed by atoms with Crippen LogP contribution >= 0.6 is 27.7 Å². The van der Waals surface area contributed by atoms with Crippen LogP contribution in [0.15, 0.2) is 87.2 Å². The molecule has 1 aliphatic heterocycles. The SMILES string of the molecule is CCOc1cc(/C=C2\SC(=Nc3ccccc3)NC2=O)cc(Br)c1OCC(=O)Nc1ccccc1. The van der Waals surface area contributed by atoms with Gasteiger partial charge in [-0.1, -0.05) is 36.4 Å². The van der Waals surface area contributed by atoms with E-state index in [1.807, 2.05) is 55.5 Å². The minimum absolute atomic E-state index is 0.189. The average Bonchev–Trinajstić information content (AvgIpc) is 3.18. The molecule has 4 rings (SSSR count). The molecule has 9 heteroatoms. The van der Waals surface area contributed by atoms with Gasteiger partial charge in [-0.15, -0.1) is 0 Å². The number of amidine groups is 1. The Morgan fingerprint density at radius 1 is 1.09 bits per heavy atom. The Hall–Kier alpha value is -3.56. The van der Waals surface area contributed by atoms with E-state index in [9.17, 15) is 9.59 Å². The lowest BCUT2D eigenvalue weighted by molar-refractivity contribution is -0.118. The molecule has 0 spiro atoms. The second kappa shape index (κ2) is 11.7. The molecule has 35 heavy (non-hydrogen) atoms.